The maximum atomic E-state index is 9.16. The Kier molecular flexibility index (Phi) is 8.95. The number of thioether (sulfide) groups is 1. The minimum absolute atomic E-state index is 0.376. The third kappa shape index (κ3) is 3.60. The molecule has 0 bridgehead atoms. The van der Waals surface area contributed by atoms with Gasteiger partial charge in [0.1, 0.15) is 22.5 Å². The molecule has 2 aromatic rings. The lowest BCUT2D eigenvalue weighted by molar-refractivity contribution is 0.878. The van der Waals surface area contributed by atoms with Crippen LogP contribution in [0, 0.1) is 11.3 Å². The van der Waals surface area contributed by atoms with Crippen LogP contribution in [0.25, 0.3) is 5.65 Å². The molecule has 2 aromatic heterocycles. The molecule has 0 radical (unpaired) electrons. The molecule has 0 saturated heterocycles. The fourth-order valence-electron chi connectivity index (χ4n) is 2.03. The van der Waals surface area contributed by atoms with Gasteiger partial charge in [-0.1, -0.05) is 27.7 Å². The van der Waals surface area contributed by atoms with Crippen molar-refractivity contribution in [1.82, 2.24) is 14.6 Å². The zero-order valence-corrected chi connectivity index (χ0v) is 14.9. The Bertz CT molecular complexity index is 655. The Hall–Kier alpha value is -2.00. The number of nitrogens with zero attached hydrogens (tertiary/aromatic N) is 4. The minimum atomic E-state index is 0.376. The minimum Gasteiger partial charge on any atom is -0.382 e. The maximum absolute atomic E-state index is 9.16. The number of nitrogen functional groups attached to an aromatic ring is 1. The molecule has 5 nitrogen and oxygen atoms in total. The molecule has 0 aliphatic heterocycles. The van der Waals surface area contributed by atoms with E-state index in [2.05, 4.69) is 43.2 Å². The summed E-state index contributed by atoms with van der Waals surface area (Å²) in [6.45, 7) is 14.1. The highest BCUT2D eigenvalue weighted by atomic mass is 32.2. The number of fused-ring (bicyclic) bond motifs is 1. The van der Waals surface area contributed by atoms with E-state index < -0.39 is 0 Å². The molecule has 6 heteroatoms. The van der Waals surface area contributed by atoms with E-state index in [1.54, 1.807) is 4.52 Å². The van der Waals surface area contributed by atoms with Crippen LogP contribution in [0.2, 0.25) is 0 Å². The number of rotatable bonds is 3. The molecule has 0 saturated carbocycles. The first kappa shape index (κ1) is 20.0. The van der Waals surface area contributed by atoms with Gasteiger partial charge in [-0.25, -0.2) is 4.98 Å². The van der Waals surface area contributed by atoms with Crippen molar-refractivity contribution in [2.45, 2.75) is 45.6 Å². The quantitative estimate of drug-likeness (QED) is 0.528. The Labute approximate surface area is 137 Å². The molecule has 0 unspecified atom stereocenters. The topological polar surface area (TPSA) is 80.0 Å². The Morgan fingerprint density at radius 1 is 1.27 bits per heavy atom. The van der Waals surface area contributed by atoms with E-state index in [1.165, 1.54) is 11.8 Å². The highest BCUT2D eigenvalue weighted by Crippen LogP contribution is 2.27. The van der Waals surface area contributed by atoms with Gasteiger partial charge in [0, 0.05) is 5.56 Å². The first-order valence-electron chi connectivity index (χ1n) is 7.31. The first-order valence-corrected chi connectivity index (χ1v) is 8.54. The SMILES string of the molecule is C=C.CC.CCc1nn2c(N)c(C#N)c(SC)nc2c1CC. The van der Waals surface area contributed by atoms with Crippen LogP contribution in [0.4, 0.5) is 5.82 Å². The molecular formula is C16H25N5S. The largest absolute Gasteiger partial charge is 0.382 e. The van der Waals surface area contributed by atoms with Gasteiger partial charge in [0.15, 0.2) is 5.65 Å². The lowest BCUT2D eigenvalue weighted by atomic mass is 10.1. The summed E-state index contributed by atoms with van der Waals surface area (Å²) in [5.41, 5.74) is 9.31. The standard InChI is InChI=1S/C12H15N5S.C2H6.C2H4/c1-4-7-9(5-2)16-17-10(14)8(6-13)12(18-3)15-11(7)17;2*1-2/h4-5,14H2,1-3H3;1-2H3;1-2H2. The van der Waals surface area contributed by atoms with Crippen LogP contribution >= 0.6 is 11.8 Å². The van der Waals surface area contributed by atoms with Gasteiger partial charge in [-0.05, 0) is 19.1 Å². The van der Waals surface area contributed by atoms with E-state index in [-0.39, 0.29) is 0 Å². The van der Waals surface area contributed by atoms with E-state index >= 15 is 0 Å². The van der Waals surface area contributed by atoms with Crippen molar-refractivity contribution in [2.75, 3.05) is 12.0 Å². The predicted octanol–water partition coefficient (Wildman–Crippen LogP) is 3.86. The summed E-state index contributed by atoms with van der Waals surface area (Å²) < 4.78 is 1.59. The van der Waals surface area contributed by atoms with Crippen LogP contribution in [0.15, 0.2) is 18.2 Å². The number of anilines is 1. The van der Waals surface area contributed by atoms with Crippen LogP contribution in [0.3, 0.4) is 0 Å². The van der Waals surface area contributed by atoms with Crippen molar-refractivity contribution < 1.29 is 0 Å². The van der Waals surface area contributed by atoms with Gasteiger partial charge >= 0.3 is 0 Å². The third-order valence-electron chi connectivity index (χ3n) is 2.94. The molecule has 0 aromatic carbocycles. The fourth-order valence-corrected chi connectivity index (χ4v) is 2.57. The summed E-state index contributed by atoms with van der Waals surface area (Å²) in [5, 5.41) is 14.3. The molecule has 0 aliphatic rings. The van der Waals surface area contributed by atoms with Gasteiger partial charge in [0.2, 0.25) is 0 Å². The molecule has 0 aliphatic carbocycles. The highest BCUT2D eigenvalue weighted by molar-refractivity contribution is 7.98. The van der Waals surface area contributed by atoms with Gasteiger partial charge in [-0.15, -0.1) is 24.9 Å². The zero-order chi connectivity index (χ0) is 17.3. The highest BCUT2D eigenvalue weighted by Gasteiger charge is 2.18. The van der Waals surface area contributed by atoms with Crippen molar-refractivity contribution in [3.8, 4) is 6.07 Å². The Morgan fingerprint density at radius 3 is 2.27 bits per heavy atom. The molecule has 2 N–H and O–H groups in total. The lowest BCUT2D eigenvalue weighted by Gasteiger charge is -2.05. The average Bonchev–Trinajstić information content (AvgIpc) is 2.96. The molecule has 2 heterocycles. The second kappa shape index (κ2) is 9.85. The second-order valence-electron chi connectivity index (χ2n) is 3.86. The smallest absolute Gasteiger partial charge is 0.162 e. The van der Waals surface area contributed by atoms with Gasteiger partial charge in [-0.3, -0.25) is 0 Å². The summed E-state index contributed by atoms with van der Waals surface area (Å²) in [4.78, 5) is 4.53. The molecule has 2 rings (SSSR count). The predicted molar refractivity (Wildman–Crippen MR) is 95.3 cm³/mol. The number of hydrogen-bond acceptors (Lipinski definition) is 5. The number of aryl methyl sites for hydroxylation is 2. The molecule has 0 fully saturated rings. The van der Waals surface area contributed by atoms with Crippen LogP contribution in [0.1, 0.15) is 44.5 Å². The number of aromatic nitrogens is 3. The Morgan fingerprint density at radius 2 is 1.86 bits per heavy atom. The van der Waals surface area contributed by atoms with E-state index in [9.17, 15) is 0 Å². The lowest BCUT2D eigenvalue weighted by Crippen LogP contribution is -2.05. The normalized spacial score (nSPS) is 9.27. The van der Waals surface area contributed by atoms with Gasteiger partial charge < -0.3 is 5.73 Å². The molecule has 0 amide bonds. The van der Waals surface area contributed by atoms with Crippen molar-refractivity contribution in [2.24, 2.45) is 0 Å². The summed E-state index contributed by atoms with van der Waals surface area (Å²) in [6, 6.07) is 2.10. The second-order valence-corrected chi connectivity index (χ2v) is 4.66. The molecule has 0 atom stereocenters. The molecule has 0 spiro atoms. The van der Waals surface area contributed by atoms with Gasteiger partial charge in [0.05, 0.1) is 5.69 Å². The summed E-state index contributed by atoms with van der Waals surface area (Å²) >= 11 is 1.43. The van der Waals surface area contributed by atoms with Crippen molar-refractivity contribution >= 4 is 23.2 Å². The molecular weight excluding hydrogens is 294 g/mol. The average molecular weight is 319 g/mol. The van der Waals surface area contributed by atoms with Crippen LogP contribution in [-0.4, -0.2) is 20.9 Å². The van der Waals surface area contributed by atoms with E-state index in [0.29, 0.717) is 16.4 Å². The van der Waals surface area contributed by atoms with Crippen molar-refractivity contribution in [1.29, 1.82) is 5.26 Å². The van der Waals surface area contributed by atoms with E-state index in [4.69, 9.17) is 11.0 Å². The first-order chi connectivity index (χ1) is 10.7. The summed E-state index contributed by atoms with van der Waals surface area (Å²) in [7, 11) is 0. The number of nitrogens with two attached hydrogens (primary N) is 1. The number of hydrogen-bond donors (Lipinski definition) is 1. The zero-order valence-electron chi connectivity index (χ0n) is 14.1. The van der Waals surface area contributed by atoms with Gasteiger partial charge in [-0.2, -0.15) is 14.9 Å². The summed E-state index contributed by atoms with van der Waals surface area (Å²) in [5.74, 6) is 0.376. The molecule has 22 heavy (non-hydrogen) atoms. The summed E-state index contributed by atoms with van der Waals surface area (Å²) in [6.07, 6.45) is 3.59. The van der Waals surface area contributed by atoms with Crippen LogP contribution in [-0.2, 0) is 12.8 Å². The van der Waals surface area contributed by atoms with Crippen molar-refractivity contribution in [3.63, 3.8) is 0 Å². The monoisotopic (exact) mass is 319 g/mol. The Balaban J connectivity index is 0.00000102. The fraction of sp³-hybridized carbons (Fsp3) is 0.438. The maximum Gasteiger partial charge on any atom is 0.162 e. The van der Waals surface area contributed by atoms with Crippen LogP contribution in [0.5, 0.6) is 0 Å². The third-order valence-corrected chi connectivity index (χ3v) is 3.62. The van der Waals surface area contributed by atoms with Gasteiger partial charge in [0.25, 0.3) is 0 Å². The molecule has 120 valence electrons. The number of nitriles is 1. The van der Waals surface area contributed by atoms with E-state index in [1.807, 2.05) is 20.1 Å². The van der Waals surface area contributed by atoms with E-state index in [0.717, 1.165) is 29.7 Å². The van der Waals surface area contributed by atoms with Crippen LogP contribution < -0.4 is 5.73 Å². The van der Waals surface area contributed by atoms with Crippen molar-refractivity contribution in [3.05, 3.63) is 30.0 Å².